The molecule has 0 radical (unpaired) electrons. The van der Waals surface area contributed by atoms with Crippen LogP contribution in [0.25, 0.3) is 5.69 Å². The second-order valence-corrected chi connectivity index (χ2v) is 6.14. The van der Waals surface area contributed by atoms with E-state index in [0.29, 0.717) is 11.4 Å². The summed E-state index contributed by atoms with van der Waals surface area (Å²) in [6.07, 6.45) is 1.52. The summed E-state index contributed by atoms with van der Waals surface area (Å²) in [7, 11) is 0. The molecule has 0 saturated carbocycles. The molecule has 4 rings (SSSR count). The summed E-state index contributed by atoms with van der Waals surface area (Å²) in [6.45, 7) is 0.145. The molecule has 0 atom stereocenters. The molecular weight excluding hydrogens is 368 g/mol. The molecule has 0 spiro atoms. The molecule has 3 aromatic carbocycles. The third-order valence-corrected chi connectivity index (χ3v) is 4.05. The van der Waals surface area contributed by atoms with Gasteiger partial charge in [-0.05, 0) is 71.1 Å². The van der Waals surface area contributed by atoms with Crippen LogP contribution >= 0.6 is 0 Å². The van der Waals surface area contributed by atoms with E-state index >= 15 is 0 Å². The maximum absolute atomic E-state index is 12.2. The second kappa shape index (κ2) is 8.66. The predicted octanol–water partition coefficient (Wildman–Crippen LogP) is 3.51. The quantitative estimate of drug-likeness (QED) is 0.505. The lowest BCUT2D eigenvalue weighted by atomic mass is 10.2. The third kappa shape index (κ3) is 4.95. The van der Waals surface area contributed by atoms with Gasteiger partial charge in [0.25, 0.3) is 0 Å². The van der Waals surface area contributed by atoms with Crippen LogP contribution in [-0.2, 0) is 4.79 Å². The SMILES string of the molecule is O=C(CNc1ccc(-n2cnnn2)cc1)Nc1ccc(Oc2ccccc2)cc1. The Morgan fingerprint density at radius 1 is 0.862 bits per heavy atom. The van der Waals surface area contributed by atoms with Gasteiger partial charge in [0.2, 0.25) is 5.91 Å². The second-order valence-electron chi connectivity index (χ2n) is 6.14. The summed E-state index contributed by atoms with van der Waals surface area (Å²) in [5.74, 6) is 1.32. The normalized spacial score (nSPS) is 10.3. The highest BCUT2D eigenvalue weighted by atomic mass is 16.5. The van der Waals surface area contributed by atoms with E-state index in [1.54, 1.807) is 16.8 Å². The molecule has 0 saturated heterocycles. The van der Waals surface area contributed by atoms with Crippen LogP contribution in [-0.4, -0.2) is 32.7 Å². The molecule has 0 unspecified atom stereocenters. The molecular formula is C21H18N6O2. The average Bonchev–Trinajstić information content (AvgIpc) is 3.30. The van der Waals surface area contributed by atoms with Crippen molar-refractivity contribution in [1.82, 2.24) is 20.2 Å². The minimum atomic E-state index is -0.147. The number of hydrogen-bond acceptors (Lipinski definition) is 6. The summed E-state index contributed by atoms with van der Waals surface area (Å²) < 4.78 is 7.30. The Balaban J connectivity index is 1.27. The number of benzene rings is 3. The number of para-hydroxylation sites is 1. The van der Waals surface area contributed by atoms with Crippen molar-refractivity contribution in [3.05, 3.63) is 85.2 Å². The summed E-state index contributed by atoms with van der Waals surface area (Å²) in [6, 6.07) is 24.2. The van der Waals surface area contributed by atoms with Crippen LogP contribution in [0.1, 0.15) is 0 Å². The zero-order valence-electron chi connectivity index (χ0n) is 15.4. The summed E-state index contributed by atoms with van der Waals surface area (Å²) >= 11 is 0. The van der Waals surface area contributed by atoms with Gasteiger partial charge in [-0.3, -0.25) is 4.79 Å². The molecule has 144 valence electrons. The maximum Gasteiger partial charge on any atom is 0.243 e. The monoisotopic (exact) mass is 386 g/mol. The molecule has 0 aliphatic heterocycles. The number of aromatic nitrogens is 4. The van der Waals surface area contributed by atoms with Crippen molar-refractivity contribution in [2.45, 2.75) is 0 Å². The number of carbonyl (C=O) groups excluding carboxylic acids is 1. The summed E-state index contributed by atoms with van der Waals surface area (Å²) in [5.41, 5.74) is 2.36. The van der Waals surface area contributed by atoms with Gasteiger partial charge in [-0.2, -0.15) is 0 Å². The molecule has 2 N–H and O–H groups in total. The molecule has 29 heavy (non-hydrogen) atoms. The molecule has 4 aromatic rings. The van der Waals surface area contributed by atoms with Crippen molar-refractivity contribution in [1.29, 1.82) is 0 Å². The van der Waals surface area contributed by atoms with Gasteiger partial charge in [-0.25, -0.2) is 4.68 Å². The fourth-order valence-electron chi connectivity index (χ4n) is 2.63. The number of tetrazole rings is 1. The van der Waals surface area contributed by atoms with Crippen molar-refractivity contribution in [2.24, 2.45) is 0 Å². The van der Waals surface area contributed by atoms with E-state index in [1.165, 1.54) is 6.33 Å². The molecule has 1 amide bonds. The van der Waals surface area contributed by atoms with Crippen LogP contribution in [0, 0.1) is 0 Å². The van der Waals surface area contributed by atoms with E-state index in [9.17, 15) is 4.79 Å². The zero-order valence-corrected chi connectivity index (χ0v) is 15.4. The van der Waals surface area contributed by atoms with E-state index in [4.69, 9.17) is 4.74 Å². The first-order valence-electron chi connectivity index (χ1n) is 8.96. The zero-order chi connectivity index (χ0) is 19.9. The highest BCUT2D eigenvalue weighted by Crippen LogP contribution is 2.22. The Hall–Kier alpha value is -4.20. The predicted molar refractivity (Wildman–Crippen MR) is 109 cm³/mol. The molecule has 1 heterocycles. The molecule has 0 bridgehead atoms. The van der Waals surface area contributed by atoms with Crippen LogP contribution in [0.4, 0.5) is 11.4 Å². The van der Waals surface area contributed by atoms with Crippen LogP contribution in [0.2, 0.25) is 0 Å². The number of carbonyl (C=O) groups is 1. The highest BCUT2D eigenvalue weighted by Gasteiger charge is 2.04. The van der Waals surface area contributed by atoms with E-state index in [-0.39, 0.29) is 12.5 Å². The largest absolute Gasteiger partial charge is 0.457 e. The van der Waals surface area contributed by atoms with Crippen molar-refractivity contribution in [3.63, 3.8) is 0 Å². The van der Waals surface area contributed by atoms with E-state index in [2.05, 4.69) is 26.2 Å². The standard InChI is InChI=1S/C21H18N6O2/c28-21(14-22-16-6-10-18(11-7-16)27-15-23-25-26-27)24-17-8-12-20(13-9-17)29-19-4-2-1-3-5-19/h1-13,15,22H,14H2,(H,24,28). The first kappa shape index (κ1) is 18.2. The van der Waals surface area contributed by atoms with Crippen molar-refractivity contribution in [2.75, 3.05) is 17.2 Å². The first-order valence-corrected chi connectivity index (χ1v) is 8.96. The fraction of sp³-hybridized carbons (Fsp3) is 0.0476. The van der Waals surface area contributed by atoms with Gasteiger partial charge in [-0.15, -0.1) is 5.10 Å². The number of nitrogens with one attached hydrogen (secondary N) is 2. The van der Waals surface area contributed by atoms with E-state index < -0.39 is 0 Å². The highest BCUT2D eigenvalue weighted by molar-refractivity contribution is 5.93. The van der Waals surface area contributed by atoms with Gasteiger partial charge in [-0.1, -0.05) is 18.2 Å². The minimum absolute atomic E-state index is 0.145. The van der Waals surface area contributed by atoms with Gasteiger partial charge in [0.15, 0.2) is 0 Å². The van der Waals surface area contributed by atoms with Crippen LogP contribution in [0.15, 0.2) is 85.2 Å². The van der Waals surface area contributed by atoms with Gasteiger partial charge in [0, 0.05) is 11.4 Å². The first-order chi connectivity index (χ1) is 14.3. The fourth-order valence-corrected chi connectivity index (χ4v) is 2.63. The van der Waals surface area contributed by atoms with Crippen molar-refractivity contribution in [3.8, 4) is 17.2 Å². The lowest BCUT2D eigenvalue weighted by molar-refractivity contribution is -0.114. The number of amides is 1. The Morgan fingerprint density at radius 3 is 2.24 bits per heavy atom. The third-order valence-electron chi connectivity index (χ3n) is 4.05. The van der Waals surface area contributed by atoms with Gasteiger partial charge >= 0.3 is 0 Å². The molecule has 0 fully saturated rings. The molecule has 0 aliphatic carbocycles. The Morgan fingerprint density at radius 2 is 1.55 bits per heavy atom. The van der Waals surface area contributed by atoms with Crippen molar-refractivity contribution >= 4 is 17.3 Å². The van der Waals surface area contributed by atoms with Gasteiger partial charge in [0.1, 0.15) is 17.8 Å². The Labute approximate surface area is 167 Å². The Bertz CT molecular complexity index is 1050. The summed E-state index contributed by atoms with van der Waals surface area (Å²) in [4.78, 5) is 12.2. The van der Waals surface area contributed by atoms with Crippen molar-refractivity contribution < 1.29 is 9.53 Å². The number of nitrogens with zero attached hydrogens (tertiary/aromatic N) is 4. The number of hydrogen-bond donors (Lipinski definition) is 2. The smallest absolute Gasteiger partial charge is 0.243 e. The van der Waals surface area contributed by atoms with E-state index in [0.717, 1.165) is 17.1 Å². The van der Waals surface area contributed by atoms with Crippen LogP contribution in [0.5, 0.6) is 11.5 Å². The molecule has 0 aliphatic rings. The lowest BCUT2D eigenvalue weighted by Gasteiger charge is -2.10. The number of ether oxygens (including phenoxy) is 1. The molecule has 1 aromatic heterocycles. The minimum Gasteiger partial charge on any atom is -0.457 e. The number of rotatable bonds is 7. The van der Waals surface area contributed by atoms with Crippen LogP contribution < -0.4 is 15.4 Å². The van der Waals surface area contributed by atoms with Crippen LogP contribution in [0.3, 0.4) is 0 Å². The molecule has 8 heteroatoms. The lowest BCUT2D eigenvalue weighted by Crippen LogP contribution is -2.21. The topological polar surface area (TPSA) is 94.0 Å². The Kier molecular flexibility index (Phi) is 5.43. The average molecular weight is 386 g/mol. The van der Waals surface area contributed by atoms with Gasteiger partial charge in [0.05, 0.1) is 12.2 Å². The maximum atomic E-state index is 12.2. The number of anilines is 2. The summed E-state index contributed by atoms with van der Waals surface area (Å²) in [5, 5.41) is 17.0. The molecule has 8 nitrogen and oxygen atoms in total. The van der Waals surface area contributed by atoms with Gasteiger partial charge < -0.3 is 15.4 Å². The van der Waals surface area contributed by atoms with E-state index in [1.807, 2.05) is 66.7 Å².